The molecule has 0 aliphatic heterocycles. The highest BCUT2D eigenvalue weighted by Crippen LogP contribution is 2.34. The van der Waals surface area contributed by atoms with Crippen LogP contribution in [0.5, 0.6) is 5.75 Å². The zero-order valence-corrected chi connectivity index (χ0v) is 14.3. The summed E-state index contributed by atoms with van der Waals surface area (Å²) < 4.78 is 6.64. The molecule has 1 N–H and O–H groups in total. The van der Waals surface area contributed by atoms with Gasteiger partial charge in [-0.05, 0) is 39.2 Å². The van der Waals surface area contributed by atoms with Crippen LogP contribution in [0, 0.1) is 0 Å². The average Bonchev–Trinajstić information content (AvgIpc) is 2.45. The third-order valence-electron chi connectivity index (χ3n) is 3.54. The van der Waals surface area contributed by atoms with E-state index in [9.17, 15) is 4.79 Å². The van der Waals surface area contributed by atoms with E-state index in [0.29, 0.717) is 6.61 Å². The minimum absolute atomic E-state index is 0.0870. The molecule has 0 saturated heterocycles. The molecule has 0 atom stereocenters. The predicted octanol–water partition coefficient (Wildman–Crippen LogP) is 4.78. The fraction of sp³-hybridized carbons (Fsp3) is 0.278. The minimum Gasteiger partial charge on any atom is -0.488 e. The van der Waals surface area contributed by atoms with Crippen molar-refractivity contribution in [2.75, 3.05) is 0 Å². The molecule has 0 aromatic heterocycles. The Balaban J connectivity index is 2.11. The van der Waals surface area contributed by atoms with Crippen molar-refractivity contribution in [1.29, 1.82) is 0 Å². The molecule has 0 aliphatic carbocycles. The van der Waals surface area contributed by atoms with Gasteiger partial charge in [0.1, 0.15) is 12.4 Å². The number of hydrogen-bond acceptors (Lipinski definition) is 2. The van der Waals surface area contributed by atoms with Crippen LogP contribution in [0.15, 0.2) is 53.0 Å². The molecule has 0 heterocycles. The molecular weight excluding hydrogens is 344 g/mol. The van der Waals surface area contributed by atoms with Crippen molar-refractivity contribution in [1.82, 2.24) is 0 Å². The van der Waals surface area contributed by atoms with Crippen LogP contribution in [-0.2, 0) is 16.8 Å². The normalized spacial score (nSPS) is 11.2. The van der Waals surface area contributed by atoms with Crippen LogP contribution in [0.2, 0.25) is 0 Å². The minimum atomic E-state index is -0.800. The zero-order valence-electron chi connectivity index (χ0n) is 12.7. The van der Waals surface area contributed by atoms with Crippen molar-refractivity contribution in [3.63, 3.8) is 0 Å². The Kier molecular flexibility index (Phi) is 5.24. The number of hydrogen-bond donors (Lipinski definition) is 1. The Hall–Kier alpha value is -1.81. The van der Waals surface area contributed by atoms with Crippen molar-refractivity contribution < 1.29 is 14.6 Å². The molecule has 116 valence electrons. The van der Waals surface area contributed by atoms with E-state index in [0.717, 1.165) is 21.3 Å². The van der Waals surface area contributed by atoms with E-state index >= 15 is 0 Å². The van der Waals surface area contributed by atoms with Gasteiger partial charge in [0, 0.05) is 5.41 Å². The molecule has 0 radical (unpaired) electrons. The summed E-state index contributed by atoms with van der Waals surface area (Å²) in [5.41, 5.74) is 1.64. The lowest BCUT2D eigenvalue weighted by atomic mass is 9.81. The third-order valence-corrected chi connectivity index (χ3v) is 4.16. The summed E-state index contributed by atoms with van der Waals surface area (Å²) in [6.45, 7) is 4.35. The quantitative estimate of drug-likeness (QED) is 0.803. The summed E-state index contributed by atoms with van der Waals surface area (Å²) >= 11 is 3.51. The number of ether oxygens (including phenoxy) is 1. The van der Waals surface area contributed by atoms with Crippen LogP contribution in [0.1, 0.15) is 31.4 Å². The van der Waals surface area contributed by atoms with E-state index in [4.69, 9.17) is 9.84 Å². The summed E-state index contributed by atoms with van der Waals surface area (Å²) in [4.78, 5) is 11.0. The number of carbonyl (C=O) groups is 1. The molecule has 0 unspecified atom stereocenters. The third kappa shape index (κ3) is 4.34. The molecular formula is C18H19BrO3. The smallest absolute Gasteiger partial charge is 0.304 e. The maximum Gasteiger partial charge on any atom is 0.304 e. The first kappa shape index (κ1) is 16.6. The molecule has 2 rings (SSSR count). The van der Waals surface area contributed by atoms with E-state index in [2.05, 4.69) is 15.9 Å². The van der Waals surface area contributed by atoms with Gasteiger partial charge in [-0.25, -0.2) is 0 Å². The summed E-state index contributed by atoms with van der Waals surface area (Å²) in [6.07, 6.45) is 0.0870. The van der Waals surface area contributed by atoms with Crippen molar-refractivity contribution in [3.8, 4) is 5.75 Å². The van der Waals surface area contributed by atoms with E-state index in [1.807, 2.05) is 62.4 Å². The number of halogens is 1. The summed E-state index contributed by atoms with van der Waals surface area (Å²) in [5, 5.41) is 9.01. The van der Waals surface area contributed by atoms with Crippen LogP contribution in [0.4, 0.5) is 0 Å². The van der Waals surface area contributed by atoms with Gasteiger partial charge in [-0.3, -0.25) is 4.79 Å². The second-order valence-electron chi connectivity index (χ2n) is 5.87. The summed E-state index contributed by atoms with van der Waals surface area (Å²) in [7, 11) is 0. The maximum atomic E-state index is 11.0. The molecule has 3 nitrogen and oxygen atoms in total. The topological polar surface area (TPSA) is 46.5 Å². The Morgan fingerprint density at radius 2 is 1.86 bits per heavy atom. The lowest BCUT2D eigenvalue weighted by Crippen LogP contribution is -2.21. The van der Waals surface area contributed by atoms with Gasteiger partial charge in [-0.2, -0.15) is 0 Å². The fourth-order valence-corrected chi connectivity index (χ4v) is 2.75. The molecule has 0 saturated carbocycles. The summed E-state index contributed by atoms with van der Waals surface area (Å²) in [6, 6.07) is 15.7. The average molecular weight is 363 g/mol. The number of benzene rings is 2. The SMILES string of the molecule is CC(C)(CC(=O)O)c1ccc(OCc2ccccc2)c(Br)c1. The Labute approximate surface area is 139 Å². The molecule has 0 amide bonds. The number of carboxylic acid groups (broad SMARTS) is 1. The molecule has 0 bridgehead atoms. The fourth-order valence-electron chi connectivity index (χ4n) is 2.25. The lowest BCUT2D eigenvalue weighted by molar-refractivity contribution is -0.138. The number of rotatable bonds is 6. The van der Waals surface area contributed by atoms with Crippen LogP contribution in [0.3, 0.4) is 0 Å². The highest BCUT2D eigenvalue weighted by atomic mass is 79.9. The first-order valence-corrected chi connectivity index (χ1v) is 7.86. The molecule has 2 aromatic rings. The van der Waals surface area contributed by atoms with Gasteiger partial charge in [-0.15, -0.1) is 0 Å². The van der Waals surface area contributed by atoms with Crippen molar-refractivity contribution in [2.45, 2.75) is 32.3 Å². The zero-order chi connectivity index (χ0) is 16.2. The second-order valence-corrected chi connectivity index (χ2v) is 6.73. The van der Waals surface area contributed by atoms with E-state index in [1.54, 1.807) is 0 Å². The van der Waals surface area contributed by atoms with Crippen LogP contribution in [-0.4, -0.2) is 11.1 Å². The highest BCUT2D eigenvalue weighted by Gasteiger charge is 2.24. The Bertz CT molecular complexity index is 651. The van der Waals surface area contributed by atoms with Gasteiger partial charge in [0.15, 0.2) is 0 Å². The van der Waals surface area contributed by atoms with Gasteiger partial charge >= 0.3 is 5.97 Å². The monoisotopic (exact) mass is 362 g/mol. The highest BCUT2D eigenvalue weighted by molar-refractivity contribution is 9.10. The van der Waals surface area contributed by atoms with E-state index in [1.165, 1.54) is 0 Å². The van der Waals surface area contributed by atoms with Gasteiger partial charge < -0.3 is 9.84 Å². The van der Waals surface area contributed by atoms with Gasteiger partial charge in [0.05, 0.1) is 10.9 Å². The van der Waals surface area contributed by atoms with Crippen molar-refractivity contribution in [3.05, 3.63) is 64.1 Å². The largest absolute Gasteiger partial charge is 0.488 e. The maximum absolute atomic E-state index is 11.0. The number of carboxylic acids is 1. The molecule has 0 aliphatic rings. The van der Waals surface area contributed by atoms with E-state index < -0.39 is 11.4 Å². The van der Waals surface area contributed by atoms with E-state index in [-0.39, 0.29) is 6.42 Å². The Morgan fingerprint density at radius 1 is 1.18 bits per heavy atom. The Morgan fingerprint density at radius 3 is 2.45 bits per heavy atom. The molecule has 2 aromatic carbocycles. The molecule has 0 fully saturated rings. The first-order chi connectivity index (χ1) is 10.4. The van der Waals surface area contributed by atoms with Crippen molar-refractivity contribution >= 4 is 21.9 Å². The van der Waals surface area contributed by atoms with Crippen molar-refractivity contribution in [2.24, 2.45) is 0 Å². The second kappa shape index (κ2) is 6.97. The number of aliphatic carboxylic acids is 1. The molecule has 4 heteroatoms. The molecule has 22 heavy (non-hydrogen) atoms. The van der Waals surface area contributed by atoms with Crippen LogP contribution >= 0.6 is 15.9 Å². The molecule has 0 spiro atoms. The predicted molar refractivity (Wildman–Crippen MR) is 90.2 cm³/mol. The van der Waals surface area contributed by atoms with Gasteiger partial charge in [-0.1, -0.05) is 50.2 Å². The van der Waals surface area contributed by atoms with Crippen LogP contribution < -0.4 is 4.74 Å². The standard InChI is InChI=1S/C18H19BrO3/c1-18(2,11-17(20)21)14-8-9-16(15(19)10-14)22-12-13-6-4-3-5-7-13/h3-10H,11-12H2,1-2H3,(H,20,21). The van der Waals surface area contributed by atoms with Gasteiger partial charge in [0.25, 0.3) is 0 Å². The first-order valence-electron chi connectivity index (χ1n) is 7.07. The van der Waals surface area contributed by atoms with Crippen LogP contribution in [0.25, 0.3) is 0 Å². The van der Waals surface area contributed by atoms with Gasteiger partial charge in [0.2, 0.25) is 0 Å². The lowest BCUT2D eigenvalue weighted by Gasteiger charge is -2.24. The summed E-state index contributed by atoms with van der Waals surface area (Å²) in [5.74, 6) is -0.0516.